The van der Waals surface area contributed by atoms with Crippen molar-refractivity contribution < 1.29 is 13.9 Å². The number of rotatable bonds is 8. The van der Waals surface area contributed by atoms with E-state index in [4.69, 9.17) is 13.9 Å². The van der Waals surface area contributed by atoms with Gasteiger partial charge in [-0.3, -0.25) is 0 Å². The van der Waals surface area contributed by atoms with Gasteiger partial charge in [0.15, 0.2) is 14.6 Å². The quantitative estimate of drug-likeness (QED) is 0.172. The number of hydrogen-bond acceptors (Lipinski definition) is 3. The molecule has 0 spiro atoms. The maximum absolute atomic E-state index is 6.77. The molecule has 4 aliphatic rings. The summed E-state index contributed by atoms with van der Waals surface area (Å²) in [5.74, 6) is 3.99. The summed E-state index contributed by atoms with van der Waals surface area (Å²) in [4.78, 5) is 0. The van der Waals surface area contributed by atoms with Crippen molar-refractivity contribution in [3.63, 3.8) is 0 Å². The summed E-state index contributed by atoms with van der Waals surface area (Å²) in [6.45, 7) is 30.4. The van der Waals surface area contributed by atoms with Crippen LogP contribution in [0, 0.1) is 45.8 Å². The lowest BCUT2D eigenvalue weighted by atomic mass is 9.44. The Bertz CT molecular complexity index is 871. The van der Waals surface area contributed by atoms with E-state index in [9.17, 15) is 0 Å². The Kier molecular flexibility index (Phi) is 8.58. The van der Waals surface area contributed by atoms with Crippen LogP contribution in [0.2, 0.25) is 18.1 Å². The molecule has 0 radical (unpaired) electrons. The molecule has 4 heteroatoms. The van der Waals surface area contributed by atoms with Crippen molar-refractivity contribution in [3.05, 3.63) is 11.6 Å². The summed E-state index contributed by atoms with van der Waals surface area (Å²) >= 11 is 0. The second-order valence-corrected chi connectivity index (χ2v) is 21.1. The lowest BCUT2D eigenvalue weighted by Gasteiger charge is -2.61. The molecule has 0 aromatic carbocycles. The topological polar surface area (TPSA) is 27.7 Å². The Morgan fingerprint density at radius 3 is 2.29 bits per heavy atom. The number of allylic oxidation sites excluding steroid dienone is 1. The van der Waals surface area contributed by atoms with Crippen molar-refractivity contribution in [2.24, 2.45) is 45.8 Å². The van der Waals surface area contributed by atoms with Gasteiger partial charge in [0.05, 0.1) is 6.10 Å². The molecule has 9 atom stereocenters. The molecule has 0 heterocycles. The minimum absolute atomic E-state index is 0.0674. The van der Waals surface area contributed by atoms with Gasteiger partial charge in [-0.2, -0.15) is 0 Å². The highest BCUT2D eigenvalue weighted by Gasteiger charge is 2.61. The van der Waals surface area contributed by atoms with E-state index in [0.717, 1.165) is 36.7 Å². The minimum Gasteiger partial charge on any atom is -0.417 e. The van der Waals surface area contributed by atoms with Gasteiger partial charge in [0.25, 0.3) is 0 Å². The Morgan fingerprint density at radius 1 is 0.974 bits per heavy atom. The normalized spacial score (nSPS) is 40.5. The molecule has 38 heavy (non-hydrogen) atoms. The zero-order valence-electron chi connectivity index (χ0n) is 27.2. The highest BCUT2D eigenvalue weighted by atomic mass is 28.4. The molecule has 0 saturated heterocycles. The van der Waals surface area contributed by atoms with Crippen molar-refractivity contribution in [1.29, 1.82) is 0 Å². The van der Waals surface area contributed by atoms with Crippen LogP contribution in [-0.2, 0) is 13.9 Å². The van der Waals surface area contributed by atoms with E-state index in [1.54, 1.807) is 5.57 Å². The Balaban J connectivity index is 1.50. The fourth-order valence-electron chi connectivity index (χ4n) is 9.77. The van der Waals surface area contributed by atoms with Crippen LogP contribution in [-0.4, -0.2) is 33.9 Å². The molecule has 220 valence electrons. The lowest BCUT2D eigenvalue weighted by Crippen LogP contribution is -2.55. The highest BCUT2D eigenvalue weighted by molar-refractivity contribution is 6.74. The second kappa shape index (κ2) is 10.6. The molecule has 0 aromatic rings. The molecule has 0 bridgehead atoms. The van der Waals surface area contributed by atoms with Gasteiger partial charge in [-0.15, -0.1) is 0 Å². The third-order valence-corrected chi connectivity index (χ3v) is 17.4. The van der Waals surface area contributed by atoms with Gasteiger partial charge in [-0.05, 0) is 117 Å². The first-order valence-corrected chi connectivity index (χ1v) is 19.0. The summed E-state index contributed by atoms with van der Waals surface area (Å²) in [5, 5.41) is 0.285. The van der Waals surface area contributed by atoms with Crippen molar-refractivity contribution in [1.82, 2.24) is 0 Å². The summed E-state index contributed by atoms with van der Waals surface area (Å²) in [6, 6.07) is 0. The van der Waals surface area contributed by atoms with Crippen LogP contribution < -0.4 is 0 Å². The molecule has 4 rings (SSSR count). The first-order chi connectivity index (χ1) is 17.5. The molecule has 3 nitrogen and oxygen atoms in total. The highest BCUT2D eigenvalue weighted by Crippen LogP contribution is 2.69. The molecule has 0 aliphatic heterocycles. The van der Waals surface area contributed by atoms with Crippen LogP contribution in [0.5, 0.6) is 0 Å². The van der Waals surface area contributed by atoms with E-state index in [1.807, 2.05) is 0 Å². The average Bonchev–Trinajstić information content (AvgIpc) is 3.16. The monoisotopic (exact) mass is 546 g/mol. The van der Waals surface area contributed by atoms with Gasteiger partial charge >= 0.3 is 0 Å². The fourth-order valence-corrected chi connectivity index (χ4v) is 10.9. The maximum Gasteiger partial charge on any atom is 0.191 e. The summed E-state index contributed by atoms with van der Waals surface area (Å²) < 4.78 is 19.0. The molecule has 4 aliphatic carbocycles. The molecule has 3 saturated carbocycles. The predicted octanol–water partition coefficient (Wildman–Crippen LogP) is 9.63. The SMILES string of the molecule is CCOC(C)O[C@H]1CC[C@@]2(C)C(=CC[C@H]3[C@@H]4CC[C@H]([C@H](C)CO[Si](C)(C)C(C)(C)C)[C@@]4(C)CC[C@@H]32)C1(C)C. The van der Waals surface area contributed by atoms with Gasteiger partial charge < -0.3 is 13.9 Å². The van der Waals surface area contributed by atoms with Crippen LogP contribution >= 0.6 is 0 Å². The van der Waals surface area contributed by atoms with Crippen molar-refractivity contribution in [2.45, 2.75) is 145 Å². The fraction of sp³-hybridized carbons (Fsp3) is 0.941. The van der Waals surface area contributed by atoms with Gasteiger partial charge in [0, 0.05) is 18.6 Å². The third kappa shape index (κ3) is 5.16. The Labute approximate surface area is 237 Å². The zero-order valence-corrected chi connectivity index (χ0v) is 28.2. The minimum atomic E-state index is -1.70. The van der Waals surface area contributed by atoms with Gasteiger partial charge in [-0.1, -0.05) is 67.0 Å². The van der Waals surface area contributed by atoms with Crippen LogP contribution in [0.1, 0.15) is 114 Å². The van der Waals surface area contributed by atoms with Crippen LogP contribution in [0.25, 0.3) is 0 Å². The van der Waals surface area contributed by atoms with E-state index in [1.165, 1.54) is 38.5 Å². The zero-order chi connectivity index (χ0) is 28.3. The number of hydrogen-bond donors (Lipinski definition) is 0. The number of fused-ring (bicyclic) bond motifs is 5. The molecular formula is C34H62O3Si. The average molecular weight is 547 g/mol. The summed E-state index contributed by atoms with van der Waals surface area (Å²) in [6.07, 6.45) is 12.1. The van der Waals surface area contributed by atoms with Crippen molar-refractivity contribution in [2.75, 3.05) is 13.2 Å². The van der Waals surface area contributed by atoms with Crippen molar-refractivity contribution >= 4 is 8.32 Å². The standard InChI is InChI=1S/C34H62O3Si/c1-13-35-24(3)37-30-19-21-34(10)28-18-20-33(9)26(23(2)22-36-38(11,12)31(4,5)6)15-16-27(33)25(28)14-17-29(34)32(30,7)8/h17,23-28,30H,13-16,18-22H2,1-12H3/t23-,24?,25+,26-,27+,28+,30+,33-,34-/m1/s1. The third-order valence-electron chi connectivity index (χ3n) is 12.9. The molecule has 3 fully saturated rings. The largest absolute Gasteiger partial charge is 0.417 e. The number of ether oxygens (including phenoxy) is 2. The molecule has 0 amide bonds. The van der Waals surface area contributed by atoms with E-state index < -0.39 is 8.32 Å². The Morgan fingerprint density at radius 2 is 1.66 bits per heavy atom. The first-order valence-electron chi connectivity index (χ1n) is 16.1. The Hall–Kier alpha value is -0.163. The van der Waals surface area contributed by atoms with Gasteiger partial charge in [0.1, 0.15) is 0 Å². The molecule has 1 unspecified atom stereocenters. The van der Waals surface area contributed by atoms with Crippen LogP contribution in [0.3, 0.4) is 0 Å². The predicted molar refractivity (Wildman–Crippen MR) is 163 cm³/mol. The van der Waals surface area contributed by atoms with E-state index in [-0.39, 0.29) is 22.8 Å². The van der Waals surface area contributed by atoms with Crippen LogP contribution in [0.4, 0.5) is 0 Å². The van der Waals surface area contributed by atoms with E-state index in [0.29, 0.717) is 23.4 Å². The van der Waals surface area contributed by atoms with Gasteiger partial charge in [0.2, 0.25) is 0 Å². The summed E-state index contributed by atoms with van der Waals surface area (Å²) in [5.41, 5.74) is 2.55. The maximum atomic E-state index is 6.77. The van der Waals surface area contributed by atoms with E-state index >= 15 is 0 Å². The van der Waals surface area contributed by atoms with Gasteiger partial charge in [-0.25, -0.2) is 0 Å². The molecular weight excluding hydrogens is 484 g/mol. The molecule has 0 aromatic heterocycles. The van der Waals surface area contributed by atoms with E-state index in [2.05, 4.69) is 88.4 Å². The lowest BCUT2D eigenvalue weighted by molar-refractivity contribution is -0.193. The smallest absolute Gasteiger partial charge is 0.191 e. The second-order valence-electron chi connectivity index (χ2n) is 16.3. The summed E-state index contributed by atoms with van der Waals surface area (Å²) in [7, 11) is -1.70. The van der Waals surface area contributed by atoms with Crippen LogP contribution in [0.15, 0.2) is 11.6 Å². The molecule has 0 N–H and O–H groups in total. The first kappa shape index (κ1) is 30.8. The van der Waals surface area contributed by atoms with Crippen molar-refractivity contribution in [3.8, 4) is 0 Å².